The van der Waals surface area contributed by atoms with Crippen LogP contribution >= 0.6 is 11.3 Å². The minimum Gasteiger partial charge on any atom is -0.271 e. The highest BCUT2D eigenvalue weighted by atomic mass is 32.1. The van der Waals surface area contributed by atoms with E-state index in [1.165, 1.54) is 21.6 Å². The molecule has 0 aliphatic heterocycles. The van der Waals surface area contributed by atoms with Crippen molar-refractivity contribution in [3.8, 4) is 0 Å². The Bertz CT molecular complexity index is 522. The highest BCUT2D eigenvalue weighted by Gasteiger charge is 2.29. The van der Waals surface area contributed by atoms with E-state index in [9.17, 15) is 0 Å². The van der Waals surface area contributed by atoms with Gasteiger partial charge in [-0.15, -0.1) is 11.3 Å². The van der Waals surface area contributed by atoms with E-state index in [1.807, 2.05) is 0 Å². The van der Waals surface area contributed by atoms with Crippen molar-refractivity contribution in [3.05, 3.63) is 57.3 Å². The molecule has 1 aliphatic carbocycles. The van der Waals surface area contributed by atoms with Gasteiger partial charge in [0.1, 0.15) is 0 Å². The predicted octanol–water partition coefficient (Wildman–Crippen LogP) is 2.98. The van der Waals surface area contributed by atoms with Gasteiger partial charge in [0, 0.05) is 4.88 Å². The molecule has 3 heteroatoms. The van der Waals surface area contributed by atoms with Gasteiger partial charge in [0.05, 0.1) is 6.04 Å². The molecule has 0 spiro atoms. The maximum atomic E-state index is 5.78. The molecule has 0 amide bonds. The fourth-order valence-corrected chi connectivity index (χ4v) is 3.70. The second-order valence-electron chi connectivity index (χ2n) is 5.07. The first-order valence-electron chi connectivity index (χ1n) is 6.36. The Balaban J connectivity index is 1.83. The smallest absolute Gasteiger partial charge is 0.0502 e. The number of nitrogens with two attached hydrogens (primary N) is 1. The van der Waals surface area contributed by atoms with Crippen LogP contribution in [0.1, 0.15) is 27.6 Å². The summed E-state index contributed by atoms with van der Waals surface area (Å²) in [5.41, 5.74) is 7.31. The van der Waals surface area contributed by atoms with Gasteiger partial charge in [-0.1, -0.05) is 24.3 Å². The SMILES string of the molecule is Cc1cc(C(NN)C2Cc3ccccc3C2)cs1. The lowest BCUT2D eigenvalue weighted by Gasteiger charge is -2.21. The molecule has 1 unspecified atom stereocenters. The van der Waals surface area contributed by atoms with Gasteiger partial charge in [-0.25, -0.2) is 0 Å². The third-order valence-corrected chi connectivity index (χ3v) is 4.72. The molecule has 1 aromatic carbocycles. The molecule has 1 aliphatic rings. The Morgan fingerprint density at radius 3 is 2.44 bits per heavy atom. The van der Waals surface area contributed by atoms with Gasteiger partial charge < -0.3 is 0 Å². The Morgan fingerprint density at radius 1 is 1.28 bits per heavy atom. The number of hydrazine groups is 1. The van der Waals surface area contributed by atoms with Gasteiger partial charge in [0.15, 0.2) is 0 Å². The summed E-state index contributed by atoms with van der Waals surface area (Å²) in [5, 5.41) is 2.23. The van der Waals surface area contributed by atoms with Crippen molar-refractivity contribution in [1.82, 2.24) is 5.43 Å². The summed E-state index contributed by atoms with van der Waals surface area (Å²) >= 11 is 1.80. The van der Waals surface area contributed by atoms with Crippen molar-refractivity contribution < 1.29 is 0 Å². The average molecular weight is 258 g/mol. The van der Waals surface area contributed by atoms with E-state index in [0.29, 0.717) is 5.92 Å². The third kappa shape index (κ3) is 2.09. The van der Waals surface area contributed by atoms with Gasteiger partial charge in [-0.3, -0.25) is 11.3 Å². The van der Waals surface area contributed by atoms with E-state index < -0.39 is 0 Å². The molecule has 18 heavy (non-hydrogen) atoms. The summed E-state index contributed by atoms with van der Waals surface area (Å²) in [5.74, 6) is 6.35. The number of fused-ring (bicyclic) bond motifs is 1. The number of rotatable bonds is 3. The summed E-state index contributed by atoms with van der Waals surface area (Å²) in [6.07, 6.45) is 2.25. The van der Waals surface area contributed by atoms with E-state index in [1.54, 1.807) is 11.3 Å². The molecule has 2 nitrogen and oxygen atoms in total. The summed E-state index contributed by atoms with van der Waals surface area (Å²) in [6.45, 7) is 2.14. The van der Waals surface area contributed by atoms with Crippen molar-refractivity contribution in [2.75, 3.05) is 0 Å². The normalized spacial score (nSPS) is 16.8. The Morgan fingerprint density at radius 2 is 1.94 bits per heavy atom. The molecule has 0 fully saturated rings. The summed E-state index contributed by atoms with van der Waals surface area (Å²) in [7, 11) is 0. The summed E-state index contributed by atoms with van der Waals surface area (Å²) < 4.78 is 0. The topological polar surface area (TPSA) is 38.0 Å². The van der Waals surface area contributed by atoms with Crippen LogP contribution in [0.3, 0.4) is 0 Å². The monoisotopic (exact) mass is 258 g/mol. The molecule has 3 rings (SSSR count). The largest absolute Gasteiger partial charge is 0.271 e. The number of hydrogen-bond donors (Lipinski definition) is 2. The van der Waals surface area contributed by atoms with Gasteiger partial charge in [0.25, 0.3) is 0 Å². The Hall–Kier alpha value is -1.16. The standard InChI is InChI=1S/C15H18N2S/c1-10-6-14(9-18-10)15(17-16)13-7-11-4-2-3-5-12(11)8-13/h2-6,9,13,15,17H,7-8,16H2,1H3. The van der Waals surface area contributed by atoms with E-state index in [-0.39, 0.29) is 6.04 Å². The second-order valence-corrected chi connectivity index (χ2v) is 6.19. The third-order valence-electron chi connectivity index (χ3n) is 3.84. The number of aryl methyl sites for hydroxylation is 1. The van der Waals surface area contributed by atoms with Crippen molar-refractivity contribution in [2.24, 2.45) is 11.8 Å². The average Bonchev–Trinajstić information content (AvgIpc) is 2.96. The Kier molecular flexibility index (Phi) is 3.20. The number of nitrogens with one attached hydrogen (secondary N) is 1. The van der Waals surface area contributed by atoms with Crippen LogP contribution in [0.25, 0.3) is 0 Å². The maximum Gasteiger partial charge on any atom is 0.0502 e. The molecule has 1 atom stereocenters. The van der Waals surface area contributed by atoms with Crippen molar-refractivity contribution >= 4 is 11.3 Å². The van der Waals surface area contributed by atoms with Crippen LogP contribution in [0.15, 0.2) is 35.7 Å². The van der Waals surface area contributed by atoms with Crippen LogP contribution in [-0.4, -0.2) is 0 Å². The zero-order valence-electron chi connectivity index (χ0n) is 10.5. The first-order valence-corrected chi connectivity index (χ1v) is 7.24. The summed E-state index contributed by atoms with van der Waals surface area (Å²) in [4.78, 5) is 1.35. The minimum absolute atomic E-state index is 0.266. The first kappa shape index (κ1) is 11.9. The number of thiophene rings is 1. The van der Waals surface area contributed by atoms with E-state index >= 15 is 0 Å². The number of benzene rings is 1. The fraction of sp³-hybridized carbons (Fsp3) is 0.333. The van der Waals surface area contributed by atoms with Gasteiger partial charge >= 0.3 is 0 Å². The van der Waals surface area contributed by atoms with E-state index in [4.69, 9.17) is 5.84 Å². The highest BCUT2D eigenvalue weighted by molar-refractivity contribution is 7.10. The molecular weight excluding hydrogens is 240 g/mol. The predicted molar refractivity (Wildman–Crippen MR) is 76.5 cm³/mol. The molecule has 94 valence electrons. The maximum absolute atomic E-state index is 5.78. The molecule has 3 N–H and O–H groups in total. The Labute approximate surface area is 112 Å². The van der Waals surface area contributed by atoms with E-state index in [2.05, 4.69) is 48.1 Å². The molecule has 0 saturated carbocycles. The quantitative estimate of drug-likeness (QED) is 0.656. The van der Waals surface area contributed by atoms with E-state index in [0.717, 1.165) is 12.8 Å². The minimum atomic E-state index is 0.266. The van der Waals surface area contributed by atoms with Gasteiger partial charge in [0.2, 0.25) is 0 Å². The number of hydrogen-bond acceptors (Lipinski definition) is 3. The van der Waals surface area contributed by atoms with Crippen molar-refractivity contribution in [3.63, 3.8) is 0 Å². The van der Waals surface area contributed by atoms with Crippen LogP contribution < -0.4 is 11.3 Å². The van der Waals surface area contributed by atoms with Crippen LogP contribution in [-0.2, 0) is 12.8 Å². The second kappa shape index (κ2) is 4.84. The lowest BCUT2D eigenvalue weighted by Crippen LogP contribution is -2.33. The molecule has 0 radical (unpaired) electrons. The molecule has 1 heterocycles. The van der Waals surface area contributed by atoms with Crippen LogP contribution in [0.5, 0.6) is 0 Å². The first-order chi connectivity index (χ1) is 8.78. The van der Waals surface area contributed by atoms with Crippen LogP contribution in [0.4, 0.5) is 0 Å². The molecule has 0 bridgehead atoms. The lowest BCUT2D eigenvalue weighted by molar-refractivity contribution is 0.380. The summed E-state index contributed by atoms with van der Waals surface area (Å²) in [6, 6.07) is 11.2. The fourth-order valence-electron chi connectivity index (χ4n) is 2.96. The van der Waals surface area contributed by atoms with Gasteiger partial charge in [-0.05, 0) is 53.8 Å². The van der Waals surface area contributed by atoms with Crippen LogP contribution in [0, 0.1) is 12.8 Å². The van der Waals surface area contributed by atoms with Crippen molar-refractivity contribution in [1.29, 1.82) is 0 Å². The molecule has 1 aromatic heterocycles. The molecule has 0 saturated heterocycles. The van der Waals surface area contributed by atoms with Crippen molar-refractivity contribution in [2.45, 2.75) is 25.8 Å². The van der Waals surface area contributed by atoms with Gasteiger partial charge in [-0.2, -0.15) is 0 Å². The zero-order chi connectivity index (χ0) is 12.5. The highest BCUT2D eigenvalue weighted by Crippen LogP contribution is 2.36. The lowest BCUT2D eigenvalue weighted by atomic mass is 9.92. The molecular formula is C15H18N2S. The molecule has 2 aromatic rings. The zero-order valence-corrected chi connectivity index (χ0v) is 11.3. The van der Waals surface area contributed by atoms with Crippen LogP contribution in [0.2, 0.25) is 0 Å².